The van der Waals surface area contributed by atoms with Crippen molar-refractivity contribution in [2.24, 2.45) is 5.92 Å². The van der Waals surface area contributed by atoms with Crippen LogP contribution in [0, 0.1) is 5.92 Å². The number of benzene rings is 2. The van der Waals surface area contributed by atoms with Crippen molar-refractivity contribution in [2.75, 3.05) is 45.7 Å². The van der Waals surface area contributed by atoms with Gasteiger partial charge in [-0.15, -0.1) is 5.10 Å². The molecule has 9 nitrogen and oxygen atoms in total. The maximum Gasteiger partial charge on any atom is 0.245 e. The van der Waals surface area contributed by atoms with Crippen molar-refractivity contribution in [3.05, 3.63) is 46.9 Å². The summed E-state index contributed by atoms with van der Waals surface area (Å²) in [5.41, 5.74) is 2.29. The van der Waals surface area contributed by atoms with Crippen molar-refractivity contribution in [2.45, 2.75) is 19.9 Å². The Labute approximate surface area is 218 Å². The second-order valence-electron chi connectivity index (χ2n) is 9.47. The number of aromatic nitrogens is 4. The average molecular weight is 552 g/mol. The Kier molecular flexibility index (Phi) is 6.81. The van der Waals surface area contributed by atoms with E-state index in [2.05, 4.69) is 33.2 Å². The molecule has 10 heteroatoms. The molecule has 36 heavy (non-hydrogen) atoms. The number of amides is 1. The Morgan fingerprint density at radius 3 is 2.44 bits per heavy atom. The summed E-state index contributed by atoms with van der Waals surface area (Å²) in [7, 11) is 3.72. The molecule has 2 aromatic heterocycles. The number of nitrogens with zero attached hydrogens (tertiary/aromatic N) is 6. The molecule has 188 valence electrons. The zero-order valence-corrected chi connectivity index (χ0v) is 22.5. The number of hydrogen-bond acceptors (Lipinski definition) is 7. The van der Waals surface area contributed by atoms with E-state index in [0.717, 1.165) is 52.9 Å². The number of methoxy groups -OCH3 is 1. The van der Waals surface area contributed by atoms with Crippen molar-refractivity contribution in [1.29, 1.82) is 0 Å². The molecule has 1 atom stereocenters. The largest absolute Gasteiger partial charge is 0.497 e. The van der Waals surface area contributed by atoms with Gasteiger partial charge >= 0.3 is 0 Å². The Hall–Kier alpha value is -3.24. The number of piperazine rings is 1. The molecule has 0 saturated carbocycles. The molecule has 2 aromatic carbocycles. The summed E-state index contributed by atoms with van der Waals surface area (Å²) in [5, 5.41) is 9.11. The highest BCUT2D eigenvalue weighted by atomic mass is 79.9. The van der Waals surface area contributed by atoms with E-state index in [4.69, 9.17) is 19.8 Å². The quantitative estimate of drug-likeness (QED) is 0.388. The third-order valence-corrected chi connectivity index (χ3v) is 7.27. The minimum absolute atomic E-state index is 0.0495. The molecule has 0 radical (unpaired) electrons. The maximum atomic E-state index is 13.6. The van der Waals surface area contributed by atoms with Crippen LogP contribution in [-0.2, 0) is 4.79 Å². The Balaban J connectivity index is 1.59. The predicted molar refractivity (Wildman–Crippen MR) is 144 cm³/mol. The molecule has 0 spiro atoms. The van der Waals surface area contributed by atoms with Gasteiger partial charge in [-0.3, -0.25) is 4.79 Å². The first kappa shape index (κ1) is 24.5. The fraction of sp³-hybridized carbons (Fsp3) is 0.385. The van der Waals surface area contributed by atoms with Crippen LogP contribution in [0.3, 0.4) is 0 Å². The third kappa shape index (κ3) is 4.62. The number of halogens is 1. The molecule has 1 aliphatic heterocycles. The van der Waals surface area contributed by atoms with Gasteiger partial charge in [0.25, 0.3) is 0 Å². The molecule has 1 unspecified atom stereocenters. The van der Waals surface area contributed by atoms with Crippen molar-refractivity contribution >= 4 is 44.3 Å². The lowest BCUT2D eigenvalue weighted by Crippen LogP contribution is -2.53. The van der Waals surface area contributed by atoms with Gasteiger partial charge in [0.15, 0.2) is 11.5 Å². The molecule has 3 heterocycles. The summed E-state index contributed by atoms with van der Waals surface area (Å²) >= 11 is 3.64. The molecule has 1 amide bonds. The number of carbonyl (C=O) groups excluding carboxylic acids is 1. The van der Waals surface area contributed by atoms with E-state index in [1.807, 2.05) is 61.2 Å². The van der Waals surface area contributed by atoms with Gasteiger partial charge in [-0.1, -0.05) is 19.9 Å². The normalized spacial score (nSPS) is 15.6. The fourth-order valence-electron chi connectivity index (χ4n) is 4.43. The number of carbonyl (C=O) groups is 1. The lowest BCUT2D eigenvalue weighted by molar-refractivity contribution is -0.134. The number of para-hydroxylation sites is 1. The number of rotatable bonds is 6. The van der Waals surface area contributed by atoms with Gasteiger partial charge in [-0.25, -0.2) is 9.97 Å². The zero-order valence-electron chi connectivity index (χ0n) is 20.9. The number of anilines is 1. The van der Waals surface area contributed by atoms with Gasteiger partial charge in [0, 0.05) is 41.6 Å². The van der Waals surface area contributed by atoms with Gasteiger partial charge in [-0.05, 0) is 65.3 Å². The average Bonchev–Trinajstić information content (AvgIpc) is 3.34. The van der Waals surface area contributed by atoms with Crippen LogP contribution in [0.15, 0.2) is 46.9 Å². The Bertz CT molecular complexity index is 1400. The van der Waals surface area contributed by atoms with Gasteiger partial charge in [0.05, 0.1) is 12.6 Å². The van der Waals surface area contributed by atoms with Crippen molar-refractivity contribution in [3.8, 4) is 17.1 Å². The first-order valence-corrected chi connectivity index (χ1v) is 12.9. The highest BCUT2D eigenvalue weighted by Gasteiger charge is 2.30. The number of likely N-dealkylation sites (N-methyl/N-ethyl adjacent to an activating group) is 1. The van der Waals surface area contributed by atoms with Crippen LogP contribution < -0.4 is 10.1 Å². The highest BCUT2D eigenvalue weighted by Crippen LogP contribution is 2.30. The fourth-order valence-corrected chi connectivity index (χ4v) is 4.88. The molecule has 1 aliphatic rings. The van der Waals surface area contributed by atoms with Crippen molar-refractivity contribution in [3.63, 3.8) is 0 Å². The monoisotopic (exact) mass is 551 g/mol. The van der Waals surface area contributed by atoms with E-state index in [1.54, 1.807) is 11.6 Å². The highest BCUT2D eigenvalue weighted by molar-refractivity contribution is 9.10. The van der Waals surface area contributed by atoms with E-state index in [9.17, 15) is 4.79 Å². The van der Waals surface area contributed by atoms with Crippen LogP contribution in [0.1, 0.15) is 13.8 Å². The van der Waals surface area contributed by atoms with Crippen LogP contribution in [0.25, 0.3) is 27.9 Å². The second-order valence-corrected chi connectivity index (χ2v) is 10.3. The Morgan fingerprint density at radius 2 is 1.78 bits per heavy atom. The van der Waals surface area contributed by atoms with Crippen LogP contribution in [0.2, 0.25) is 0 Å². The second kappa shape index (κ2) is 10.0. The molecule has 0 bridgehead atoms. The molecule has 0 aliphatic carbocycles. The summed E-state index contributed by atoms with van der Waals surface area (Å²) in [4.78, 5) is 27.5. The van der Waals surface area contributed by atoms with Crippen LogP contribution in [-0.4, -0.2) is 81.7 Å². The molecular weight excluding hydrogens is 522 g/mol. The van der Waals surface area contributed by atoms with Gasteiger partial charge in [0.2, 0.25) is 11.9 Å². The number of fused-ring (bicyclic) bond motifs is 3. The molecular formula is C26H30BrN7O2. The molecule has 1 N–H and O–H groups in total. The summed E-state index contributed by atoms with van der Waals surface area (Å²) < 4.78 is 7.85. The van der Waals surface area contributed by atoms with Gasteiger partial charge in [-0.2, -0.15) is 4.52 Å². The standard InChI is InChI=1S/C26H30BrN7O2/c1-16(2)21(25(35)33-14-12-32(3)13-15-33)28-26-29-22-19(6-5-7-20(22)27)24-30-23(31-34(24)26)17-8-10-18(36-4)11-9-17/h5-11,16,21H,12-15H2,1-4H3,(H,28,29). The molecule has 5 rings (SSSR count). The maximum absolute atomic E-state index is 13.6. The number of ether oxygens (including phenoxy) is 1. The van der Waals surface area contributed by atoms with Gasteiger partial charge in [0.1, 0.15) is 11.8 Å². The first-order chi connectivity index (χ1) is 17.4. The minimum atomic E-state index is -0.447. The zero-order chi connectivity index (χ0) is 25.4. The van der Waals surface area contributed by atoms with Crippen LogP contribution >= 0.6 is 15.9 Å². The lowest BCUT2D eigenvalue weighted by atomic mass is 10.0. The molecule has 4 aromatic rings. The van der Waals surface area contributed by atoms with E-state index < -0.39 is 6.04 Å². The van der Waals surface area contributed by atoms with Crippen molar-refractivity contribution < 1.29 is 9.53 Å². The summed E-state index contributed by atoms with van der Waals surface area (Å²) in [6.45, 7) is 7.27. The molecule has 1 saturated heterocycles. The summed E-state index contributed by atoms with van der Waals surface area (Å²) in [6.07, 6.45) is 0. The van der Waals surface area contributed by atoms with E-state index >= 15 is 0 Å². The number of nitrogens with one attached hydrogen (secondary N) is 1. The smallest absolute Gasteiger partial charge is 0.245 e. The van der Waals surface area contributed by atoms with Gasteiger partial charge < -0.3 is 19.9 Å². The van der Waals surface area contributed by atoms with Crippen LogP contribution in [0.4, 0.5) is 5.95 Å². The summed E-state index contributed by atoms with van der Waals surface area (Å²) in [5.74, 6) is 1.95. The minimum Gasteiger partial charge on any atom is -0.497 e. The van der Waals surface area contributed by atoms with Crippen molar-refractivity contribution in [1.82, 2.24) is 29.4 Å². The summed E-state index contributed by atoms with van der Waals surface area (Å²) in [6, 6.07) is 13.1. The first-order valence-electron chi connectivity index (χ1n) is 12.1. The third-order valence-electron chi connectivity index (χ3n) is 6.63. The molecule has 1 fully saturated rings. The Morgan fingerprint density at radius 1 is 1.06 bits per heavy atom. The lowest BCUT2D eigenvalue weighted by Gasteiger charge is -2.35. The predicted octanol–water partition coefficient (Wildman–Crippen LogP) is 3.93. The van der Waals surface area contributed by atoms with E-state index in [1.165, 1.54) is 0 Å². The topological polar surface area (TPSA) is 87.9 Å². The van der Waals surface area contributed by atoms with E-state index in [0.29, 0.717) is 17.4 Å². The van der Waals surface area contributed by atoms with Crippen LogP contribution in [0.5, 0.6) is 5.75 Å². The van der Waals surface area contributed by atoms with E-state index in [-0.39, 0.29) is 11.8 Å². The SMILES string of the molecule is COc1ccc(-c2nc3c4cccc(Br)c4nc(NC(C(=O)N4CCN(C)CC4)C(C)C)n3n2)cc1. The number of hydrogen-bond donors (Lipinski definition) is 1.